The van der Waals surface area contributed by atoms with E-state index in [4.69, 9.17) is 57.2 Å². The van der Waals surface area contributed by atoms with Crippen LogP contribution in [0.2, 0.25) is 0 Å². The van der Waals surface area contributed by atoms with Crippen LogP contribution in [0.5, 0.6) is 0 Å². The van der Waals surface area contributed by atoms with Crippen molar-refractivity contribution < 1.29 is 81.1 Å². The molecule has 52 heavy (non-hydrogen) atoms. The summed E-state index contributed by atoms with van der Waals surface area (Å²) in [5.41, 5.74) is 0.287. The van der Waals surface area contributed by atoms with Crippen LogP contribution in [-0.4, -0.2) is 187 Å². The number of benzene rings is 1. The minimum Gasteiger partial charge on any atom is -0.480 e. The predicted octanol–water partition coefficient (Wildman–Crippen LogP) is -0.204. The van der Waals surface area contributed by atoms with Crippen LogP contribution in [0.25, 0.3) is 0 Å². The van der Waals surface area contributed by atoms with Crippen molar-refractivity contribution in [3.63, 3.8) is 0 Å². The summed E-state index contributed by atoms with van der Waals surface area (Å²) in [7, 11) is 0. The number of nitrogens with one attached hydrogen (secondary N) is 1. The topological polar surface area (TPSA) is 211 Å². The predicted molar refractivity (Wildman–Crippen MR) is 181 cm³/mol. The molecule has 0 heterocycles. The van der Waals surface area contributed by atoms with E-state index in [0.717, 1.165) is 0 Å². The maximum atomic E-state index is 11.9. The smallest absolute Gasteiger partial charge is 0.379 e. The molecule has 1 aromatic carbocycles. The molecule has 0 atom stereocenters. The van der Waals surface area contributed by atoms with Gasteiger partial charge in [0, 0.05) is 12.1 Å². The van der Waals surface area contributed by atoms with Crippen molar-refractivity contribution in [2.45, 2.75) is 0 Å². The lowest BCUT2D eigenvalue weighted by molar-refractivity contribution is -0.143. The monoisotopic (exact) mass is 749 g/mol. The van der Waals surface area contributed by atoms with Crippen LogP contribution >= 0.6 is 0 Å². The van der Waals surface area contributed by atoms with Crippen LogP contribution in [0, 0.1) is 0 Å². The Labute approximate surface area is 304 Å². The van der Waals surface area contributed by atoms with Crippen molar-refractivity contribution in [1.29, 1.82) is 0 Å². The van der Waals surface area contributed by atoms with Gasteiger partial charge in [-0.3, -0.25) is 9.59 Å². The van der Waals surface area contributed by atoms with E-state index in [0.29, 0.717) is 132 Å². The summed E-state index contributed by atoms with van der Waals surface area (Å²) >= 11 is 0. The molecule has 0 bridgehead atoms. The number of esters is 1. The molecular formula is C34H55NO17. The molecule has 0 radical (unpaired) electrons. The molecule has 2 N–H and O–H groups in total. The van der Waals surface area contributed by atoms with Crippen molar-refractivity contribution in [3.8, 4) is 0 Å². The summed E-state index contributed by atoms with van der Waals surface area (Å²) < 4.78 is 63.7. The number of hydrogen-bond acceptors (Lipinski definition) is 16. The van der Waals surface area contributed by atoms with Crippen molar-refractivity contribution in [3.05, 3.63) is 35.9 Å². The van der Waals surface area contributed by atoms with Crippen LogP contribution in [0.3, 0.4) is 0 Å². The van der Waals surface area contributed by atoms with E-state index >= 15 is 0 Å². The largest absolute Gasteiger partial charge is 0.480 e. The summed E-state index contributed by atoms with van der Waals surface area (Å²) in [4.78, 5) is 45.3. The fourth-order valence-corrected chi connectivity index (χ4v) is 3.59. The molecule has 298 valence electrons. The van der Waals surface area contributed by atoms with Crippen LogP contribution in [0.4, 0.5) is 0 Å². The van der Waals surface area contributed by atoms with E-state index in [-0.39, 0.29) is 25.4 Å². The molecule has 0 aliphatic heterocycles. The lowest BCUT2D eigenvalue weighted by atomic mass is 10.1. The van der Waals surface area contributed by atoms with Crippen LogP contribution in [0.1, 0.15) is 10.4 Å². The minimum atomic E-state index is -1.13. The van der Waals surface area contributed by atoms with Gasteiger partial charge in [0.15, 0.2) is 0 Å². The molecule has 18 heteroatoms. The van der Waals surface area contributed by atoms with Gasteiger partial charge < -0.3 is 67.3 Å². The number of carboxylic acids is 1. The summed E-state index contributed by atoms with van der Waals surface area (Å²) in [6.45, 7) is 7.55. The fraction of sp³-hybridized carbons (Fsp3) is 0.706. The maximum absolute atomic E-state index is 11.9. The van der Waals surface area contributed by atoms with E-state index in [1.54, 1.807) is 30.3 Å². The summed E-state index contributed by atoms with van der Waals surface area (Å²) in [6, 6.07) is 8.22. The molecule has 0 saturated carbocycles. The van der Waals surface area contributed by atoms with Crippen LogP contribution in [-0.2, 0) is 71.2 Å². The lowest BCUT2D eigenvalue weighted by Crippen LogP contribution is -2.31. The first kappa shape index (κ1) is 46.9. The average Bonchev–Trinajstić information content (AvgIpc) is 3.14. The first-order valence-electron chi connectivity index (χ1n) is 17.1. The molecule has 1 aromatic rings. The highest BCUT2D eigenvalue weighted by atomic mass is 16.6. The van der Waals surface area contributed by atoms with Gasteiger partial charge >= 0.3 is 11.9 Å². The Balaban J connectivity index is 1.66. The molecule has 0 aromatic heterocycles. The van der Waals surface area contributed by atoms with Gasteiger partial charge in [0.1, 0.15) is 19.8 Å². The average molecular weight is 750 g/mol. The number of hydrogen-bond donors (Lipinski definition) is 2. The van der Waals surface area contributed by atoms with Gasteiger partial charge in [-0.05, 0) is 0 Å². The third-order valence-electron chi connectivity index (χ3n) is 6.06. The first-order chi connectivity index (χ1) is 25.5. The number of ketones is 1. The highest BCUT2D eigenvalue weighted by molar-refractivity contribution is 6.40. The van der Waals surface area contributed by atoms with Crippen molar-refractivity contribution in [1.82, 2.24) is 5.32 Å². The Morgan fingerprint density at radius 3 is 1.15 bits per heavy atom. The normalized spacial score (nSPS) is 11.1. The number of rotatable bonds is 39. The number of carbonyl (C=O) groups is 4. The number of Topliss-reactive ketones (excluding diaryl/α,β-unsaturated/α-hetero) is 1. The first-order valence-corrected chi connectivity index (χ1v) is 17.1. The molecule has 0 saturated heterocycles. The molecule has 0 aliphatic rings. The summed E-state index contributed by atoms with van der Waals surface area (Å²) in [5.74, 6) is -3.13. The number of amides is 1. The van der Waals surface area contributed by atoms with Gasteiger partial charge in [0.05, 0.1) is 132 Å². The van der Waals surface area contributed by atoms with Crippen molar-refractivity contribution in [2.24, 2.45) is 0 Å². The minimum absolute atomic E-state index is 0.0135. The lowest BCUT2D eigenvalue weighted by Gasteiger charge is -2.09. The van der Waals surface area contributed by atoms with E-state index in [9.17, 15) is 19.2 Å². The Morgan fingerprint density at radius 1 is 0.442 bits per heavy atom. The standard InChI is InChI=1S/C34H55NO17/c36-31(28-51-29-32(37)38)35-6-7-41-8-9-42-10-11-43-12-13-44-14-15-45-16-17-46-18-19-47-20-21-48-22-23-49-24-25-50-26-27-52-34(40)33(39)30-4-2-1-3-5-30/h1-5H,6-29H2,(H,35,36)(H,37,38). The number of aliphatic carboxylic acids is 1. The van der Waals surface area contributed by atoms with Gasteiger partial charge in [-0.2, -0.15) is 0 Å². The molecule has 18 nitrogen and oxygen atoms in total. The Morgan fingerprint density at radius 2 is 0.788 bits per heavy atom. The van der Waals surface area contributed by atoms with E-state index in [1.807, 2.05) is 0 Å². The third kappa shape index (κ3) is 31.6. The van der Waals surface area contributed by atoms with Crippen molar-refractivity contribution in [2.75, 3.05) is 159 Å². The second-order valence-corrected chi connectivity index (χ2v) is 10.2. The zero-order valence-corrected chi connectivity index (χ0v) is 29.8. The molecule has 0 aliphatic carbocycles. The molecule has 0 fully saturated rings. The van der Waals surface area contributed by atoms with E-state index < -0.39 is 30.2 Å². The Bertz CT molecular complexity index is 1020. The highest BCUT2D eigenvalue weighted by Gasteiger charge is 2.17. The summed E-state index contributed by atoms with van der Waals surface area (Å²) in [5, 5.41) is 11.0. The molecule has 1 rings (SSSR count). The van der Waals surface area contributed by atoms with Crippen LogP contribution in [0.15, 0.2) is 30.3 Å². The Kier molecular flexibility index (Phi) is 32.7. The zero-order valence-electron chi connectivity index (χ0n) is 29.8. The SMILES string of the molecule is O=C(O)COCC(=O)NCCOCCOCCOCCOCCOCCOCCOCCOCCOCCOCCOC(=O)C(=O)c1ccccc1. The van der Waals surface area contributed by atoms with Gasteiger partial charge in [0.25, 0.3) is 5.78 Å². The summed E-state index contributed by atoms with van der Waals surface area (Å²) in [6.07, 6.45) is 0. The third-order valence-corrected chi connectivity index (χ3v) is 6.06. The molecule has 1 amide bonds. The quantitative estimate of drug-likeness (QED) is 0.0386. The Hall–Kier alpha value is -3.14. The fourth-order valence-electron chi connectivity index (χ4n) is 3.59. The van der Waals surface area contributed by atoms with Crippen LogP contribution < -0.4 is 5.32 Å². The van der Waals surface area contributed by atoms with E-state index in [2.05, 4.69) is 10.1 Å². The number of ether oxygens (including phenoxy) is 12. The second-order valence-electron chi connectivity index (χ2n) is 10.2. The molecule has 0 spiro atoms. The van der Waals surface area contributed by atoms with E-state index in [1.165, 1.54) is 0 Å². The number of carbonyl (C=O) groups excluding carboxylic acids is 3. The van der Waals surface area contributed by atoms with Gasteiger partial charge in [-0.25, -0.2) is 9.59 Å². The van der Waals surface area contributed by atoms with Crippen molar-refractivity contribution >= 4 is 23.6 Å². The van der Waals surface area contributed by atoms with Gasteiger partial charge in [0.2, 0.25) is 5.91 Å². The second kappa shape index (κ2) is 36.2. The molecular weight excluding hydrogens is 694 g/mol. The number of carboxylic acid groups (broad SMARTS) is 1. The van der Waals surface area contributed by atoms with Gasteiger partial charge in [-0.1, -0.05) is 30.3 Å². The maximum Gasteiger partial charge on any atom is 0.379 e. The highest BCUT2D eigenvalue weighted by Crippen LogP contribution is 2.01. The zero-order chi connectivity index (χ0) is 37.6. The van der Waals surface area contributed by atoms with Gasteiger partial charge in [-0.15, -0.1) is 0 Å². The molecule has 0 unspecified atom stereocenters.